The Labute approximate surface area is 165 Å². The second-order valence-corrected chi connectivity index (χ2v) is 6.85. The fourth-order valence-electron chi connectivity index (χ4n) is 2.44. The lowest BCUT2D eigenvalue weighted by molar-refractivity contribution is -0.140. The lowest BCUT2D eigenvalue weighted by Gasteiger charge is -2.12. The minimum atomic E-state index is -0.912. The maximum Gasteiger partial charge on any atom is 0.331 e. The number of ether oxygens (including phenoxy) is 1. The molecule has 5 heteroatoms. The van der Waals surface area contributed by atoms with Gasteiger partial charge in [0.1, 0.15) is 0 Å². The number of aryl methyl sites for hydroxylation is 1. The first-order valence-corrected chi connectivity index (χ1v) is 9.17. The summed E-state index contributed by atoms with van der Waals surface area (Å²) in [7, 11) is 0. The minimum absolute atomic E-state index is 0.0955. The van der Waals surface area contributed by atoms with E-state index in [1.807, 2.05) is 31.2 Å². The molecular formula is C23H25NO4. The Morgan fingerprint density at radius 3 is 2.21 bits per heavy atom. The fourth-order valence-corrected chi connectivity index (χ4v) is 2.44. The highest BCUT2D eigenvalue weighted by Crippen LogP contribution is 2.14. The van der Waals surface area contributed by atoms with Crippen molar-refractivity contribution in [1.82, 2.24) is 0 Å². The zero-order valence-corrected chi connectivity index (χ0v) is 16.6. The molecule has 28 heavy (non-hydrogen) atoms. The van der Waals surface area contributed by atoms with Crippen LogP contribution < -0.4 is 5.32 Å². The van der Waals surface area contributed by atoms with Gasteiger partial charge in [-0.05, 0) is 55.3 Å². The van der Waals surface area contributed by atoms with Crippen LogP contribution in [-0.4, -0.2) is 23.8 Å². The van der Waals surface area contributed by atoms with Crippen LogP contribution in [-0.2, 0) is 14.3 Å². The molecule has 0 saturated carbocycles. The monoisotopic (exact) mass is 379 g/mol. The Morgan fingerprint density at radius 2 is 1.61 bits per heavy atom. The van der Waals surface area contributed by atoms with Crippen LogP contribution in [0.1, 0.15) is 42.3 Å². The molecule has 0 spiro atoms. The van der Waals surface area contributed by atoms with Crippen molar-refractivity contribution >= 4 is 29.4 Å². The second kappa shape index (κ2) is 9.65. The topological polar surface area (TPSA) is 72.5 Å². The third kappa shape index (κ3) is 5.91. The van der Waals surface area contributed by atoms with Crippen LogP contribution >= 0.6 is 0 Å². The van der Waals surface area contributed by atoms with E-state index in [0.717, 1.165) is 11.1 Å². The summed E-state index contributed by atoms with van der Waals surface area (Å²) in [6.45, 7) is 7.09. The Bertz CT molecular complexity index is 882. The van der Waals surface area contributed by atoms with Gasteiger partial charge in [0.25, 0.3) is 0 Å². The first kappa shape index (κ1) is 21.1. The summed E-state index contributed by atoms with van der Waals surface area (Å²) in [6.07, 6.45) is 2.07. The number of hydrogen-bond acceptors (Lipinski definition) is 4. The van der Waals surface area contributed by atoms with Crippen LogP contribution in [0.4, 0.5) is 5.69 Å². The molecule has 2 aromatic carbocycles. The normalized spacial score (nSPS) is 12.0. The molecule has 2 rings (SSSR count). The standard InChI is InChI=1S/C23H25NO4/c1-15(2)23(27)24-20-12-9-19(10-13-20)22(26)17(4)28-21(25)14-11-18-8-6-5-7-16(18)3/h5-15,17H,1-4H3,(H,24,27)/b14-11+/t17-/m1/s1. The number of hydrogen-bond donors (Lipinski definition) is 1. The number of ketones is 1. The SMILES string of the molecule is Cc1ccccc1/C=C/C(=O)O[C@H](C)C(=O)c1ccc(NC(=O)C(C)C)cc1. The van der Waals surface area contributed by atoms with Crippen molar-refractivity contribution in [2.75, 3.05) is 5.32 Å². The summed E-state index contributed by atoms with van der Waals surface area (Å²) < 4.78 is 5.21. The fraction of sp³-hybridized carbons (Fsp3) is 0.261. The van der Waals surface area contributed by atoms with Gasteiger partial charge in [-0.15, -0.1) is 0 Å². The van der Waals surface area contributed by atoms with Gasteiger partial charge in [-0.1, -0.05) is 38.1 Å². The van der Waals surface area contributed by atoms with Crippen molar-refractivity contribution in [3.63, 3.8) is 0 Å². The number of rotatable bonds is 7. The smallest absolute Gasteiger partial charge is 0.331 e. The maximum absolute atomic E-state index is 12.5. The number of esters is 1. The van der Waals surface area contributed by atoms with Crippen LogP contribution in [0.25, 0.3) is 6.08 Å². The minimum Gasteiger partial charge on any atom is -0.451 e. The molecule has 2 aromatic rings. The average molecular weight is 379 g/mol. The predicted octanol–water partition coefficient (Wildman–Crippen LogP) is 4.42. The third-order valence-corrected chi connectivity index (χ3v) is 4.21. The first-order chi connectivity index (χ1) is 13.3. The summed E-state index contributed by atoms with van der Waals surface area (Å²) in [5.41, 5.74) is 2.98. The summed E-state index contributed by atoms with van der Waals surface area (Å²) in [4.78, 5) is 36.2. The molecule has 1 N–H and O–H groups in total. The molecule has 0 aliphatic carbocycles. The quantitative estimate of drug-likeness (QED) is 0.439. The Balaban J connectivity index is 1.95. The molecule has 5 nitrogen and oxygen atoms in total. The van der Waals surface area contributed by atoms with Gasteiger partial charge in [0.2, 0.25) is 11.7 Å². The molecule has 0 bridgehead atoms. The number of carbonyl (C=O) groups excluding carboxylic acids is 3. The van der Waals surface area contributed by atoms with Gasteiger partial charge >= 0.3 is 5.97 Å². The van der Waals surface area contributed by atoms with Crippen molar-refractivity contribution in [2.45, 2.75) is 33.8 Å². The molecule has 0 saturated heterocycles. The zero-order chi connectivity index (χ0) is 20.7. The summed E-state index contributed by atoms with van der Waals surface area (Å²) in [5.74, 6) is -1.11. The van der Waals surface area contributed by atoms with E-state index in [2.05, 4.69) is 5.32 Å². The van der Waals surface area contributed by atoms with Gasteiger partial charge in [-0.25, -0.2) is 4.79 Å². The van der Waals surface area contributed by atoms with E-state index in [9.17, 15) is 14.4 Å². The highest BCUT2D eigenvalue weighted by molar-refractivity contribution is 6.01. The van der Waals surface area contributed by atoms with Crippen molar-refractivity contribution in [1.29, 1.82) is 0 Å². The van der Waals surface area contributed by atoms with E-state index in [4.69, 9.17) is 4.74 Å². The van der Waals surface area contributed by atoms with Gasteiger partial charge in [0.15, 0.2) is 6.10 Å². The van der Waals surface area contributed by atoms with E-state index in [1.54, 1.807) is 44.2 Å². The molecule has 0 unspecified atom stereocenters. The number of Topliss-reactive ketones (excluding diaryl/α,β-unsaturated/α-hetero) is 1. The molecule has 0 radical (unpaired) electrons. The van der Waals surface area contributed by atoms with Gasteiger partial charge in [-0.2, -0.15) is 0 Å². The molecular weight excluding hydrogens is 354 g/mol. The highest BCUT2D eigenvalue weighted by Gasteiger charge is 2.18. The molecule has 0 fully saturated rings. The molecule has 0 aromatic heterocycles. The molecule has 0 aliphatic rings. The number of nitrogens with one attached hydrogen (secondary N) is 1. The number of amides is 1. The van der Waals surface area contributed by atoms with Crippen LogP contribution in [0.2, 0.25) is 0 Å². The molecule has 1 atom stereocenters. The van der Waals surface area contributed by atoms with Crippen molar-refractivity contribution in [3.8, 4) is 0 Å². The predicted molar refractivity (Wildman–Crippen MR) is 110 cm³/mol. The van der Waals surface area contributed by atoms with Crippen molar-refractivity contribution < 1.29 is 19.1 Å². The Kier molecular flexibility index (Phi) is 7.27. The van der Waals surface area contributed by atoms with E-state index in [1.165, 1.54) is 13.0 Å². The van der Waals surface area contributed by atoms with Crippen molar-refractivity contribution in [2.24, 2.45) is 5.92 Å². The zero-order valence-electron chi connectivity index (χ0n) is 16.6. The van der Waals surface area contributed by atoms with Crippen LogP contribution in [0.5, 0.6) is 0 Å². The Hall–Kier alpha value is -3.21. The summed E-state index contributed by atoms with van der Waals surface area (Å²) in [5, 5.41) is 2.76. The van der Waals surface area contributed by atoms with E-state index >= 15 is 0 Å². The molecule has 0 aliphatic heterocycles. The Morgan fingerprint density at radius 1 is 0.964 bits per heavy atom. The molecule has 1 amide bonds. The van der Waals surface area contributed by atoms with Gasteiger partial charge in [0, 0.05) is 23.2 Å². The maximum atomic E-state index is 12.5. The summed E-state index contributed by atoms with van der Waals surface area (Å²) >= 11 is 0. The van der Waals surface area contributed by atoms with Crippen LogP contribution in [0, 0.1) is 12.8 Å². The van der Waals surface area contributed by atoms with Gasteiger partial charge in [-0.3, -0.25) is 9.59 Å². The van der Waals surface area contributed by atoms with Gasteiger partial charge < -0.3 is 10.1 Å². The summed E-state index contributed by atoms with van der Waals surface area (Å²) in [6, 6.07) is 14.2. The van der Waals surface area contributed by atoms with Crippen LogP contribution in [0.15, 0.2) is 54.6 Å². The number of anilines is 1. The van der Waals surface area contributed by atoms with Gasteiger partial charge in [0.05, 0.1) is 0 Å². The van der Waals surface area contributed by atoms with Crippen LogP contribution in [0.3, 0.4) is 0 Å². The largest absolute Gasteiger partial charge is 0.451 e. The van der Waals surface area contributed by atoms with E-state index < -0.39 is 12.1 Å². The van der Waals surface area contributed by atoms with E-state index in [0.29, 0.717) is 11.3 Å². The highest BCUT2D eigenvalue weighted by atomic mass is 16.5. The van der Waals surface area contributed by atoms with Crippen molar-refractivity contribution in [3.05, 3.63) is 71.3 Å². The number of carbonyl (C=O) groups is 3. The molecule has 146 valence electrons. The second-order valence-electron chi connectivity index (χ2n) is 6.85. The third-order valence-electron chi connectivity index (χ3n) is 4.21. The number of benzene rings is 2. The lowest BCUT2D eigenvalue weighted by Crippen LogP contribution is -2.23. The lowest BCUT2D eigenvalue weighted by atomic mass is 10.1. The van der Waals surface area contributed by atoms with E-state index in [-0.39, 0.29) is 17.6 Å². The average Bonchev–Trinajstić information content (AvgIpc) is 2.67. The first-order valence-electron chi connectivity index (χ1n) is 9.17. The molecule has 0 heterocycles.